The second-order valence-corrected chi connectivity index (χ2v) is 3.51. The van der Waals surface area contributed by atoms with E-state index < -0.39 is 6.10 Å². The second-order valence-electron chi connectivity index (χ2n) is 3.51. The van der Waals surface area contributed by atoms with Gasteiger partial charge in [-0.25, -0.2) is 4.39 Å². The summed E-state index contributed by atoms with van der Waals surface area (Å²) in [6, 6.07) is 4.43. The third-order valence-electron chi connectivity index (χ3n) is 2.43. The number of aliphatic hydroxyl groups excluding tert-OH is 1. The lowest BCUT2D eigenvalue weighted by molar-refractivity contribution is 0.0510. The van der Waals surface area contributed by atoms with Crippen LogP contribution in [-0.2, 0) is 6.42 Å². The van der Waals surface area contributed by atoms with Crippen molar-refractivity contribution in [2.45, 2.75) is 25.0 Å². The molecule has 2 rings (SSSR count). The van der Waals surface area contributed by atoms with E-state index in [1.165, 1.54) is 12.1 Å². The average Bonchev–Trinajstić information content (AvgIpc) is 2.16. The van der Waals surface area contributed by atoms with Crippen LogP contribution in [0.2, 0.25) is 0 Å². The number of hydrogen-bond donors (Lipinski definition) is 1. The summed E-state index contributed by atoms with van der Waals surface area (Å²) in [6.45, 7) is 3.51. The molecule has 0 saturated heterocycles. The normalized spacial score (nSPS) is 22.4. The van der Waals surface area contributed by atoms with Crippen molar-refractivity contribution in [3.8, 4) is 5.75 Å². The van der Waals surface area contributed by atoms with E-state index in [-0.39, 0.29) is 11.9 Å². The van der Waals surface area contributed by atoms with Crippen molar-refractivity contribution in [2.24, 2.45) is 0 Å². The van der Waals surface area contributed by atoms with Crippen molar-refractivity contribution in [2.75, 3.05) is 0 Å². The molecule has 3 heteroatoms. The molecule has 0 amide bonds. The van der Waals surface area contributed by atoms with Crippen LogP contribution >= 0.6 is 0 Å². The Kier molecular flexibility index (Phi) is 2.42. The third kappa shape index (κ3) is 1.73. The highest BCUT2D eigenvalue weighted by atomic mass is 19.1. The Morgan fingerprint density at radius 1 is 1.57 bits per heavy atom. The minimum absolute atomic E-state index is 0.249. The first kappa shape index (κ1) is 9.46. The first-order valence-electron chi connectivity index (χ1n) is 4.63. The van der Waals surface area contributed by atoms with Gasteiger partial charge in [-0.3, -0.25) is 0 Å². The van der Waals surface area contributed by atoms with Gasteiger partial charge >= 0.3 is 0 Å². The third-order valence-corrected chi connectivity index (χ3v) is 2.43. The molecule has 1 aliphatic rings. The number of ether oxygens (including phenoxy) is 1. The number of benzene rings is 1. The monoisotopic (exact) mass is 195 g/mol. The Balaban J connectivity index is 2.23. The van der Waals surface area contributed by atoms with E-state index in [0.29, 0.717) is 12.2 Å². The van der Waals surface area contributed by atoms with Crippen molar-refractivity contribution < 1.29 is 14.2 Å². The van der Waals surface area contributed by atoms with Gasteiger partial charge in [0.1, 0.15) is 17.7 Å². The number of aryl methyl sites for hydroxylation is 1. The Morgan fingerprint density at radius 2 is 2.36 bits per heavy atom. The highest BCUT2D eigenvalue weighted by Crippen LogP contribution is 2.28. The van der Waals surface area contributed by atoms with Gasteiger partial charge in [-0.05, 0) is 43.5 Å². The van der Waals surface area contributed by atoms with Crippen molar-refractivity contribution in [3.63, 3.8) is 0 Å². The number of halogens is 1. The van der Waals surface area contributed by atoms with Crippen LogP contribution in [0.25, 0.3) is 0 Å². The van der Waals surface area contributed by atoms with Crippen molar-refractivity contribution in [1.82, 2.24) is 0 Å². The standard InChI is InChI=1S/C11H12FO2/c1-7(13)10-4-2-8-6-9(12)3-5-11(8)14-10/h3,5-7,10,13H,1-2,4H2/t7-,10?/m0/s1. The van der Waals surface area contributed by atoms with Gasteiger partial charge in [0.25, 0.3) is 0 Å². The van der Waals surface area contributed by atoms with Crippen LogP contribution in [0.3, 0.4) is 0 Å². The summed E-state index contributed by atoms with van der Waals surface area (Å²) in [7, 11) is 0. The lowest BCUT2D eigenvalue weighted by atomic mass is 10.00. The molecule has 2 nitrogen and oxygen atoms in total. The molecule has 1 radical (unpaired) electrons. The minimum atomic E-state index is -0.729. The molecule has 0 aliphatic carbocycles. The molecule has 14 heavy (non-hydrogen) atoms. The molecule has 1 N–H and O–H groups in total. The van der Waals surface area contributed by atoms with Gasteiger partial charge < -0.3 is 9.84 Å². The quantitative estimate of drug-likeness (QED) is 0.739. The van der Waals surface area contributed by atoms with Gasteiger partial charge in [-0.1, -0.05) is 0 Å². The molecular formula is C11H12FO2. The first-order valence-corrected chi connectivity index (χ1v) is 4.63. The lowest BCUT2D eigenvalue weighted by Crippen LogP contribution is -2.33. The molecule has 1 aromatic carbocycles. The summed E-state index contributed by atoms with van der Waals surface area (Å²) in [6.07, 6.45) is 0.409. The molecule has 2 atom stereocenters. The van der Waals surface area contributed by atoms with Crippen LogP contribution in [0.15, 0.2) is 18.2 Å². The van der Waals surface area contributed by atoms with E-state index in [1.54, 1.807) is 6.07 Å². The van der Waals surface area contributed by atoms with Crippen molar-refractivity contribution in [1.29, 1.82) is 0 Å². The summed E-state index contributed by atoms with van der Waals surface area (Å²) < 4.78 is 18.3. The molecule has 1 unspecified atom stereocenters. The summed E-state index contributed by atoms with van der Waals surface area (Å²) in [4.78, 5) is 0. The van der Waals surface area contributed by atoms with Gasteiger partial charge in [-0.2, -0.15) is 0 Å². The van der Waals surface area contributed by atoms with E-state index in [9.17, 15) is 9.50 Å². The molecule has 0 bridgehead atoms. The Labute approximate surface area is 82.3 Å². The fourth-order valence-corrected chi connectivity index (χ4v) is 1.65. The predicted molar refractivity (Wildman–Crippen MR) is 50.5 cm³/mol. The van der Waals surface area contributed by atoms with Gasteiger partial charge in [0.05, 0.1) is 6.10 Å². The Hall–Kier alpha value is -1.09. The van der Waals surface area contributed by atoms with Gasteiger partial charge in [0.2, 0.25) is 0 Å². The van der Waals surface area contributed by atoms with Crippen molar-refractivity contribution in [3.05, 3.63) is 36.5 Å². The fourth-order valence-electron chi connectivity index (χ4n) is 1.65. The van der Waals surface area contributed by atoms with Crippen LogP contribution in [0, 0.1) is 12.7 Å². The number of hydrogen-bond acceptors (Lipinski definition) is 2. The summed E-state index contributed by atoms with van der Waals surface area (Å²) in [5.74, 6) is 0.409. The molecule has 0 spiro atoms. The molecule has 0 saturated carbocycles. The zero-order valence-electron chi connectivity index (χ0n) is 7.74. The van der Waals surface area contributed by atoms with Crippen molar-refractivity contribution >= 4 is 0 Å². The van der Waals surface area contributed by atoms with Crippen LogP contribution in [0.1, 0.15) is 12.0 Å². The van der Waals surface area contributed by atoms with E-state index in [4.69, 9.17) is 4.74 Å². The highest BCUT2D eigenvalue weighted by Gasteiger charge is 2.23. The minimum Gasteiger partial charge on any atom is -0.487 e. The maximum Gasteiger partial charge on any atom is 0.125 e. The maximum atomic E-state index is 12.8. The zero-order chi connectivity index (χ0) is 10.1. The number of fused-ring (bicyclic) bond motifs is 1. The molecular weight excluding hydrogens is 183 g/mol. The molecule has 1 aromatic rings. The van der Waals surface area contributed by atoms with Crippen LogP contribution < -0.4 is 4.74 Å². The van der Waals surface area contributed by atoms with Gasteiger partial charge in [-0.15, -0.1) is 0 Å². The molecule has 0 aromatic heterocycles. The van der Waals surface area contributed by atoms with Gasteiger partial charge in [0.15, 0.2) is 0 Å². The summed E-state index contributed by atoms with van der Waals surface area (Å²) in [5, 5.41) is 9.25. The molecule has 75 valence electrons. The topological polar surface area (TPSA) is 29.5 Å². The molecule has 1 aliphatic heterocycles. The summed E-state index contributed by atoms with van der Waals surface area (Å²) >= 11 is 0. The van der Waals surface area contributed by atoms with Crippen LogP contribution in [0.5, 0.6) is 5.75 Å². The van der Waals surface area contributed by atoms with Gasteiger partial charge in [0, 0.05) is 0 Å². The second kappa shape index (κ2) is 3.58. The zero-order valence-corrected chi connectivity index (χ0v) is 7.74. The average molecular weight is 195 g/mol. The largest absolute Gasteiger partial charge is 0.487 e. The number of rotatable bonds is 1. The lowest BCUT2D eigenvalue weighted by Gasteiger charge is -2.27. The van der Waals surface area contributed by atoms with E-state index in [2.05, 4.69) is 6.92 Å². The fraction of sp³-hybridized carbons (Fsp3) is 0.364. The molecule has 1 heterocycles. The maximum absolute atomic E-state index is 12.8. The smallest absolute Gasteiger partial charge is 0.125 e. The Bertz CT molecular complexity index is 336. The van der Waals surface area contributed by atoms with E-state index >= 15 is 0 Å². The first-order chi connectivity index (χ1) is 6.66. The SMILES string of the molecule is [CH2][C@H](O)C1CCc2cc(F)ccc2O1. The summed E-state index contributed by atoms with van der Waals surface area (Å²) in [5.41, 5.74) is 0.863. The van der Waals surface area contributed by atoms with Crippen LogP contribution in [0.4, 0.5) is 4.39 Å². The predicted octanol–water partition coefficient (Wildman–Crippen LogP) is 1.71. The van der Waals surface area contributed by atoms with E-state index in [1.807, 2.05) is 0 Å². The highest BCUT2D eigenvalue weighted by molar-refractivity contribution is 5.35. The van der Waals surface area contributed by atoms with E-state index in [0.717, 1.165) is 12.0 Å². The Morgan fingerprint density at radius 3 is 3.07 bits per heavy atom. The number of aliphatic hydroxyl groups is 1. The molecule has 0 fully saturated rings. The van der Waals surface area contributed by atoms with Crippen LogP contribution in [-0.4, -0.2) is 17.3 Å².